The Morgan fingerprint density at radius 2 is 1.96 bits per heavy atom. The molecule has 1 saturated heterocycles. The summed E-state index contributed by atoms with van der Waals surface area (Å²) in [5.74, 6) is 0.525. The molecule has 1 N–H and O–H groups in total. The van der Waals surface area contributed by atoms with Crippen LogP contribution in [0, 0.1) is 5.82 Å². The Balaban J connectivity index is 1.85. The normalized spacial score (nSPS) is 16.0. The van der Waals surface area contributed by atoms with Crippen molar-refractivity contribution in [1.29, 1.82) is 0 Å². The third-order valence-electron chi connectivity index (χ3n) is 4.39. The molecule has 4 rings (SSSR count). The monoisotopic (exact) mass is 346 g/mol. The zero-order chi connectivity index (χ0) is 16.7. The van der Waals surface area contributed by atoms with E-state index in [0.29, 0.717) is 10.7 Å². The summed E-state index contributed by atoms with van der Waals surface area (Å²) in [5.41, 5.74) is 2.21. The van der Waals surface area contributed by atoms with E-state index in [2.05, 4.69) is 14.9 Å². The number of benzene rings is 1. The molecule has 0 unspecified atom stereocenters. The Kier molecular flexibility index (Phi) is 3.86. The lowest BCUT2D eigenvalue weighted by Gasteiger charge is -2.31. The lowest BCUT2D eigenvalue weighted by molar-refractivity contribution is 0.145. The van der Waals surface area contributed by atoms with Crippen LogP contribution in [0.2, 0.25) is 5.02 Å². The molecule has 1 aliphatic rings. The zero-order valence-electron chi connectivity index (χ0n) is 12.9. The molecule has 7 heteroatoms. The lowest BCUT2D eigenvalue weighted by Crippen LogP contribution is -2.36. The molecule has 0 bridgehead atoms. The second kappa shape index (κ2) is 6.03. The summed E-state index contributed by atoms with van der Waals surface area (Å²) in [6.07, 6.45) is 6.38. The predicted octanol–water partition coefficient (Wildman–Crippen LogP) is 3.15. The molecular formula is C17H16ClFN4O. The first-order chi connectivity index (χ1) is 11.6. The minimum atomic E-state index is -0.371. The summed E-state index contributed by atoms with van der Waals surface area (Å²) >= 11 is 6.24. The summed E-state index contributed by atoms with van der Waals surface area (Å²) in [6.45, 7) is 1.49. The van der Waals surface area contributed by atoms with E-state index in [4.69, 9.17) is 11.6 Å². The summed E-state index contributed by atoms with van der Waals surface area (Å²) in [5, 5.41) is 10.1. The van der Waals surface area contributed by atoms with Crippen molar-refractivity contribution >= 4 is 23.1 Å². The summed E-state index contributed by atoms with van der Waals surface area (Å²) < 4.78 is 15.3. The Hall–Kier alpha value is -2.18. The van der Waals surface area contributed by atoms with Gasteiger partial charge in [-0.25, -0.2) is 9.37 Å². The quantitative estimate of drug-likeness (QED) is 0.774. The van der Waals surface area contributed by atoms with Gasteiger partial charge in [0.2, 0.25) is 0 Å². The highest BCUT2D eigenvalue weighted by Gasteiger charge is 2.21. The highest BCUT2D eigenvalue weighted by atomic mass is 35.5. The van der Waals surface area contributed by atoms with Crippen LogP contribution in [0.4, 0.5) is 10.2 Å². The van der Waals surface area contributed by atoms with E-state index in [1.54, 1.807) is 24.7 Å². The van der Waals surface area contributed by atoms with E-state index < -0.39 is 0 Å². The van der Waals surface area contributed by atoms with Crippen LogP contribution in [0.15, 0.2) is 36.8 Å². The van der Waals surface area contributed by atoms with E-state index in [1.165, 1.54) is 12.1 Å². The van der Waals surface area contributed by atoms with Crippen molar-refractivity contribution in [1.82, 2.24) is 14.4 Å². The third kappa shape index (κ3) is 2.61. The molecule has 0 amide bonds. The van der Waals surface area contributed by atoms with Crippen molar-refractivity contribution in [3.8, 4) is 11.3 Å². The minimum absolute atomic E-state index is 0.248. The molecule has 1 aliphatic heterocycles. The first kappa shape index (κ1) is 15.4. The van der Waals surface area contributed by atoms with Gasteiger partial charge < -0.3 is 10.0 Å². The molecule has 24 heavy (non-hydrogen) atoms. The topological polar surface area (TPSA) is 53.7 Å². The molecule has 3 aromatic rings. The van der Waals surface area contributed by atoms with Gasteiger partial charge in [-0.1, -0.05) is 11.6 Å². The summed E-state index contributed by atoms with van der Waals surface area (Å²) in [7, 11) is 0. The number of hydrogen-bond donors (Lipinski definition) is 1. The predicted molar refractivity (Wildman–Crippen MR) is 90.8 cm³/mol. The van der Waals surface area contributed by atoms with Crippen LogP contribution >= 0.6 is 11.6 Å². The van der Waals surface area contributed by atoms with Gasteiger partial charge in [0.05, 0.1) is 35.4 Å². The number of nitrogens with zero attached hydrogens (tertiary/aromatic N) is 4. The molecule has 5 nitrogen and oxygen atoms in total. The fourth-order valence-corrected chi connectivity index (χ4v) is 3.40. The number of aliphatic hydroxyl groups is 1. The highest BCUT2D eigenvalue weighted by Crippen LogP contribution is 2.32. The maximum absolute atomic E-state index is 13.4. The lowest BCUT2D eigenvalue weighted by atomic mass is 10.1. The Labute approximate surface area is 143 Å². The number of aromatic nitrogens is 3. The van der Waals surface area contributed by atoms with Crippen molar-refractivity contribution in [2.45, 2.75) is 18.9 Å². The number of hydrogen-bond acceptors (Lipinski definition) is 4. The summed E-state index contributed by atoms with van der Waals surface area (Å²) in [6, 6.07) is 4.35. The van der Waals surface area contributed by atoms with E-state index in [0.717, 1.165) is 43.0 Å². The second-order valence-corrected chi connectivity index (χ2v) is 6.35. The van der Waals surface area contributed by atoms with Crippen molar-refractivity contribution < 1.29 is 9.50 Å². The number of halogens is 2. The van der Waals surface area contributed by atoms with Crippen LogP contribution in [-0.2, 0) is 0 Å². The average molecular weight is 347 g/mol. The molecule has 124 valence electrons. The van der Waals surface area contributed by atoms with Crippen molar-refractivity contribution in [2.75, 3.05) is 18.0 Å². The van der Waals surface area contributed by atoms with Crippen molar-refractivity contribution in [3.63, 3.8) is 0 Å². The van der Waals surface area contributed by atoms with Gasteiger partial charge in [-0.15, -0.1) is 0 Å². The molecule has 0 atom stereocenters. The largest absolute Gasteiger partial charge is 0.393 e. The van der Waals surface area contributed by atoms with E-state index in [9.17, 15) is 9.50 Å². The van der Waals surface area contributed by atoms with Gasteiger partial charge in [-0.05, 0) is 31.0 Å². The molecule has 0 spiro atoms. The fourth-order valence-electron chi connectivity index (χ4n) is 3.13. The number of imidazole rings is 1. The Bertz CT molecular complexity index is 889. The standard InChI is InChI=1S/C17H16ClFN4O/c18-14-7-11(19)1-2-13(14)15-8-21-16-9-20-10-17(23(15)16)22-5-3-12(24)4-6-22/h1-2,7-10,12,24H,3-6H2. The fraction of sp³-hybridized carbons (Fsp3) is 0.294. The number of piperidine rings is 1. The number of anilines is 1. The molecule has 3 heterocycles. The molecule has 0 radical (unpaired) electrons. The highest BCUT2D eigenvalue weighted by molar-refractivity contribution is 6.33. The Morgan fingerprint density at radius 1 is 1.17 bits per heavy atom. The Morgan fingerprint density at radius 3 is 2.71 bits per heavy atom. The van der Waals surface area contributed by atoms with E-state index >= 15 is 0 Å². The van der Waals surface area contributed by atoms with Crippen LogP contribution in [-0.4, -0.2) is 38.7 Å². The van der Waals surface area contributed by atoms with Gasteiger partial charge in [0.15, 0.2) is 5.65 Å². The SMILES string of the molecule is OC1CCN(c2cncc3ncc(-c4ccc(F)cc4Cl)n23)CC1. The van der Waals surface area contributed by atoms with Crippen LogP contribution in [0.25, 0.3) is 16.9 Å². The summed E-state index contributed by atoms with van der Waals surface area (Å²) in [4.78, 5) is 10.8. The van der Waals surface area contributed by atoms with Crippen molar-refractivity contribution in [3.05, 3.63) is 47.6 Å². The molecule has 2 aromatic heterocycles. The van der Waals surface area contributed by atoms with Crippen LogP contribution < -0.4 is 4.90 Å². The maximum atomic E-state index is 13.4. The van der Waals surface area contributed by atoms with Gasteiger partial charge in [0, 0.05) is 18.7 Å². The van der Waals surface area contributed by atoms with Crippen LogP contribution in [0.3, 0.4) is 0 Å². The van der Waals surface area contributed by atoms with Crippen LogP contribution in [0.1, 0.15) is 12.8 Å². The number of rotatable bonds is 2. The molecule has 0 saturated carbocycles. The zero-order valence-corrected chi connectivity index (χ0v) is 13.6. The second-order valence-electron chi connectivity index (χ2n) is 5.94. The first-order valence-corrected chi connectivity index (χ1v) is 8.21. The average Bonchev–Trinajstić information content (AvgIpc) is 3.00. The minimum Gasteiger partial charge on any atom is -0.393 e. The smallest absolute Gasteiger partial charge is 0.157 e. The first-order valence-electron chi connectivity index (χ1n) is 7.83. The molecule has 0 aliphatic carbocycles. The van der Waals surface area contributed by atoms with Gasteiger partial charge >= 0.3 is 0 Å². The maximum Gasteiger partial charge on any atom is 0.157 e. The molecule has 1 aromatic carbocycles. The van der Waals surface area contributed by atoms with Gasteiger partial charge in [-0.2, -0.15) is 0 Å². The van der Waals surface area contributed by atoms with Gasteiger partial charge in [0.1, 0.15) is 11.6 Å². The van der Waals surface area contributed by atoms with E-state index in [1.807, 2.05) is 4.40 Å². The third-order valence-corrected chi connectivity index (χ3v) is 4.71. The molecular weight excluding hydrogens is 331 g/mol. The van der Waals surface area contributed by atoms with Crippen molar-refractivity contribution in [2.24, 2.45) is 0 Å². The number of fused-ring (bicyclic) bond motifs is 1. The molecule has 1 fully saturated rings. The van der Waals surface area contributed by atoms with Gasteiger partial charge in [-0.3, -0.25) is 9.38 Å². The van der Waals surface area contributed by atoms with E-state index in [-0.39, 0.29) is 11.9 Å². The van der Waals surface area contributed by atoms with Crippen LogP contribution in [0.5, 0.6) is 0 Å². The number of aliphatic hydroxyl groups excluding tert-OH is 1. The van der Waals surface area contributed by atoms with Gasteiger partial charge in [0.25, 0.3) is 0 Å².